The van der Waals surface area contributed by atoms with Gasteiger partial charge in [0.1, 0.15) is 0 Å². The Morgan fingerprint density at radius 1 is 1.41 bits per heavy atom. The first-order valence-corrected chi connectivity index (χ1v) is 6.67. The fourth-order valence-electron chi connectivity index (χ4n) is 3.64. The Hall–Kier alpha value is -0.570. The molecule has 2 unspecified atom stereocenters. The van der Waals surface area contributed by atoms with Crippen LogP contribution in [0.3, 0.4) is 0 Å². The molecular formula is C14H27NO2. The predicted molar refractivity (Wildman–Crippen MR) is 69.8 cm³/mol. The first-order valence-electron chi connectivity index (χ1n) is 6.67. The molecule has 0 aliphatic heterocycles. The van der Waals surface area contributed by atoms with Crippen molar-refractivity contribution in [1.29, 1.82) is 0 Å². The van der Waals surface area contributed by atoms with E-state index in [1.807, 2.05) is 14.0 Å². The quantitative estimate of drug-likeness (QED) is 0.769. The number of esters is 1. The van der Waals surface area contributed by atoms with E-state index < -0.39 is 0 Å². The zero-order valence-electron chi connectivity index (χ0n) is 11.9. The highest BCUT2D eigenvalue weighted by Crippen LogP contribution is 2.45. The Balaban J connectivity index is 2.76. The van der Waals surface area contributed by atoms with Crippen molar-refractivity contribution in [2.75, 3.05) is 13.7 Å². The minimum Gasteiger partial charge on any atom is -0.466 e. The largest absolute Gasteiger partial charge is 0.466 e. The lowest BCUT2D eigenvalue weighted by Crippen LogP contribution is -2.52. The van der Waals surface area contributed by atoms with Gasteiger partial charge >= 0.3 is 5.97 Å². The van der Waals surface area contributed by atoms with Crippen LogP contribution in [-0.4, -0.2) is 25.2 Å². The van der Waals surface area contributed by atoms with Gasteiger partial charge in [0.05, 0.1) is 13.0 Å². The molecule has 0 aromatic rings. The summed E-state index contributed by atoms with van der Waals surface area (Å²) in [5.41, 5.74) is 0.223. The van der Waals surface area contributed by atoms with Gasteiger partial charge in [0, 0.05) is 5.54 Å². The standard InChI is InChI=1S/C14H27NO2/c1-6-17-12(16)9-14(15-5)8-11(2)7-13(3,4)10-14/h11,15H,6-10H2,1-5H3. The molecule has 0 radical (unpaired) electrons. The van der Waals surface area contributed by atoms with E-state index in [4.69, 9.17) is 4.74 Å². The van der Waals surface area contributed by atoms with Crippen LogP contribution in [0.25, 0.3) is 0 Å². The monoisotopic (exact) mass is 241 g/mol. The molecule has 0 amide bonds. The summed E-state index contributed by atoms with van der Waals surface area (Å²) in [4.78, 5) is 11.7. The van der Waals surface area contributed by atoms with E-state index >= 15 is 0 Å². The van der Waals surface area contributed by atoms with Crippen molar-refractivity contribution in [3.8, 4) is 0 Å². The molecular weight excluding hydrogens is 214 g/mol. The van der Waals surface area contributed by atoms with Crippen molar-refractivity contribution in [2.24, 2.45) is 11.3 Å². The fraction of sp³-hybridized carbons (Fsp3) is 0.929. The lowest BCUT2D eigenvalue weighted by molar-refractivity contribution is -0.145. The van der Waals surface area contributed by atoms with Crippen molar-refractivity contribution in [3.05, 3.63) is 0 Å². The highest BCUT2D eigenvalue weighted by molar-refractivity contribution is 5.71. The molecule has 3 heteroatoms. The summed E-state index contributed by atoms with van der Waals surface area (Å²) in [5, 5.41) is 3.39. The number of ether oxygens (including phenoxy) is 1. The van der Waals surface area contributed by atoms with Crippen molar-refractivity contribution in [3.63, 3.8) is 0 Å². The van der Waals surface area contributed by atoms with Crippen molar-refractivity contribution >= 4 is 5.97 Å². The third kappa shape index (κ3) is 3.98. The zero-order chi connectivity index (χ0) is 13.1. The molecule has 0 aromatic heterocycles. The van der Waals surface area contributed by atoms with Crippen LogP contribution in [0.1, 0.15) is 53.4 Å². The molecule has 2 atom stereocenters. The summed E-state index contributed by atoms with van der Waals surface area (Å²) in [6.45, 7) is 9.19. The summed E-state index contributed by atoms with van der Waals surface area (Å²) in [7, 11) is 1.97. The third-order valence-corrected chi connectivity index (χ3v) is 3.78. The van der Waals surface area contributed by atoms with Gasteiger partial charge in [0.15, 0.2) is 0 Å². The summed E-state index contributed by atoms with van der Waals surface area (Å²) in [6.07, 6.45) is 3.83. The van der Waals surface area contributed by atoms with Crippen molar-refractivity contribution in [2.45, 2.75) is 58.9 Å². The summed E-state index contributed by atoms with van der Waals surface area (Å²) >= 11 is 0. The van der Waals surface area contributed by atoms with Crippen LogP contribution >= 0.6 is 0 Å². The Bertz CT molecular complexity index is 275. The van der Waals surface area contributed by atoms with Crippen LogP contribution in [0.2, 0.25) is 0 Å². The molecule has 1 rings (SSSR count). The van der Waals surface area contributed by atoms with E-state index in [-0.39, 0.29) is 11.5 Å². The maximum atomic E-state index is 11.7. The molecule has 100 valence electrons. The van der Waals surface area contributed by atoms with Gasteiger partial charge in [-0.25, -0.2) is 0 Å². The number of carbonyl (C=O) groups is 1. The molecule has 0 bridgehead atoms. The van der Waals surface area contributed by atoms with Crippen LogP contribution in [0.15, 0.2) is 0 Å². The molecule has 1 fully saturated rings. The van der Waals surface area contributed by atoms with Gasteiger partial charge in [-0.3, -0.25) is 4.79 Å². The van der Waals surface area contributed by atoms with Gasteiger partial charge < -0.3 is 10.1 Å². The Morgan fingerprint density at radius 3 is 2.53 bits per heavy atom. The van der Waals surface area contributed by atoms with Crippen molar-refractivity contribution in [1.82, 2.24) is 5.32 Å². The second kappa shape index (κ2) is 5.38. The molecule has 0 aromatic carbocycles. The average Bonchev–Trinajstić information content (AvgIpc) is 2.14. The van der Waals surface area contributed by atoms with Crippen LogP contribution in [-0.2, 0) is 9.53 Å². The molecule has 1 aliphatic rings. The maximum absolute atomic E-state index is 11.7. The fourth-order valence-corrected chi connectivity index (χ4v) is 3.64. The molecule has 17 heavy (non-hydrogen) atoms. The third-order valence-electron chi connectivity index (χ3n) is 3.78. The van der Waals surface area contributed by atoms with Crippen LogP contribution < -0.4 is 5.32 Å². The number of hydrogen-bond donors (Lipinski definition) is 1. The first kappa shape index (κ1) is 14.5. The Morgan fingerprint density at radius 2 is 2.06 bits per heavy atom. The molecule has 1 saturated carbocycles. The van der Waals surface area contributed by atoms with Gasteiger partial charge in [-0.05, 0) is 44.6 Å². The molecule has 0 spiro atoms. The Kier molecular flexibility index (Phi) is 4.59. The Labute approximate surface area is 105 Å². The SMILES string of the molecule is CCOC(=O)CC1(NC)CC(C)CC(C)(C)C1. The minimum atomic E-state index is -0.0771. The predicted octanol–water partition coefficient (Wildman–Crippen LogP) is 2.74. The summed E-state index contributed by atoms with van der Waals surface area (Å²) < 4.78 is 5.10. The van der Waals surface area contributed by atoms with E-state index in [1.54, 1.807) is 0 Å². The second-order valence-electron chi connectivity index (χ2n) is 6.37. The van der Waals surface area contributed by atoms with Gasteiger partial charge in [0.25, 0.3) is 0 Å². The van der Waals surface area contributed by atoms with Crippen LogP contribution in [0.4, 0.5) is 0 Å². The summed E-state index contributed by atoms with van der Waals surface area (Å²) in [6, 6.07) is 0. The number of hydrogen-bond acceptors (Lipinski definition) is 3. The lowest BCUT2D eigenvalue weighted by Gasteiger charge is -2.47. The highest BCUT2D eigenvalue weighted by Gasteiger charge is 2.43. The van der Waals surface area contributed by atoms with Crippen molar-refractivity contribution < 1.29 is 9.53 Å². The van der Waals surface area contributed by atoms with Gasteiger partial charge in [-0.1, -0.05) is 20.8 Å². The zero-order valence-corrected chi connectivity index (χ0v) is 11.9. The molecule has 1 N–H and O–H groups in total. The number of nitrogens with one attached hydrogen (secondary N) is 1. The summed E-state index contributed by atoms with van der Waals surface area (Å²) in [5.74, 6) is 0.576. The molecule has 0 heterocycles. The lowest BCUT2D eigenvalue weighted by atomic mass is 9.63. The number of rotatable bonds is 4. The van der Waals surface area contributed by atoms with E-state index in [2.05, 4.69) is 26.1 Å². The average molecular weight is 241 g/mol. The van der Waals surface area contributed by atoms with Crippen LogP contribution in [0, 0.1) is 11.3 Å². The molecule has 0 saturated heterocycles. The van der Waals surface area contributed by atoms with Gasteiger partial charge in [-0.15, -0.1) is 0 Å². The smallest absolute Gasteiger partial charge is 0.307 e. The topological polar surface area (TPSA) is 38.3 Å². The maximum Gasteiger partial charge on any atom is 0.307 e. The molecule has 1 aliphatic carbocycles. The highest BCUT2D eigenvalue weighted by atomic mass is 16.5. The van der Waals surface area contributed by atoms with Crippen LogP contribution in [0.5, 0.6) is 0 Å². The minimum absolute atomic E-state index is 0.0760. The normalized spacial score (nSPS) is 32.2. The van der Waals surface area contributed by atoms with Gasteiger partial charge in [-0.2, -0.15) is 0 Å². The van der Waals surface area contributed by atoms with E-state index in [9.17, 15) is 4.79 Å². The first-order chi connectivity index (χ1) is 7.82. The van der Waals surface area contributed by atoms with Gasteiger partial charge in [0.2, 0.25) is 0 Å². The van der Waals surface area contributed by atoms with E-state index in [0.717, 1.165) is 12.8 Å². The number of carbonyl (C=O) groups excluding carboxylic acids is 1. The van der Waals surface area contributed by atoms with E-state index in [1.165, 1.54) is 6.42 Å². The second-order valence-corrected chi connectivity index (χ2v) is 6.37. The molecule has 3 nitrogen and oxygen atoms in total. The van der Waals surface area contributed by atoms with E-state index in [0.29, 0.717) is 24.4 Å².